The fraction of sp³-hybridized carbons (Fsp3) is 0.200. The van der Waals surface area contributed by atoms with Crippen molar-refractivity contribution in [3.63, 3.8) is 0 Å². The minimum absolute atomic E-state index is 0.620. The van der Waals surface area contributed by atoms with E-state index in [1.165, 1.54) is 0 Å². The molecule has 14 heavy (non-hydrogen) atoms. The predicted molar refractivity (Wildman–Crippen MR) is 60.3 cm³/mol. The van der Waals surface area contributed by atoms with E-state index in [2.05, 4.69) is 5.48 Å². The molecule has 0 unspecified atom stereocenters. The zero-order valence-corrected chi connectivity index (χ0v) is 9.49. The molecule has 1 rings (SSSR count). The van der Waals surface area contributed by atoms with Gasteiger partial charge in [-0.05, 0) is 30.7 Å². The van der Waals surface area contributed by atoms with E-state index in [9.17, 15) is 0 Å². The molecule has 76 valence electrons. The Bertz CT molecular complexity index is 350. The molecule has 0 amide bonds. The molecule has 1 aromatic carbocycles. The summed E-state index contributed by atoms with van der Waals surface area (Å²) in [6.07, 6.45) is 1.88. The third kappa shape index (κ3) is 3.22. The normalized spacial score (nSPS) is 11.6. The maximum Gasteiger partial charge on any atom is 0.0636 e. The van der Waals surface area contributed by atoms with Gasteiger partial charge < -0.3 is 0 Å². The number of nitrogens with one attached hydrogen (secondary N) is 1. The largest absolute Gasteiger partial charge is 0.280 e. The Balaban J connectivity index is 2.91. The van der Waals surface area contributed by atoms with E-state index >= 15 is 0 Å². The van der Waals surface area contributed by atoms with E-state index in [-0.39, 0.29) is 0 Å². The zero-order chi connectivity index (χ0) is 10.6. The summed E-state index contributed by atoms with van der Waals surface area (Å²) in [6, 6.07) is 5.35. The summed E-state index contributed by atoms with van der Waals surface area (Å²) in [5.74, 6) is 0. The third-order valence-corrected chi connectivity index (χ3v) is 2.16. The van der Waals surface area contributed by atoms with Gasteiger partial charge in [0.25, 0.3) is 0 Å². The molecule has 4 heteroatoms. The molecule has 1 aromatic rings. The first-order chi connectivity index (χ1) is 6.63. The van der Waals surface area contributed by atoms with Crippen molar-refractivity contribution >= 4 is 29.3 Å². The summed E-state index contributed by atoms with van der Waals surface area (Å²) < 4.78 is 0. The van der Waals surface area contributed by atoms with Crippen molar-refractivity contribution in [3.05, 3.63) is 39.5 Å². The van der Waals surface area contributed by atoms with Crippen LogP contribution in [0.15, 0.2) is 23.9 Å². The molecule has 0 atom stereocenters. The molecular formula is C10H11Cl2NO. The van der Waals surface area contributed by atoms with Crippen LogP contribution in [-0.2, 0) is 4.84 Å². The number of allylic oxidation sites excluding steroid dienone is 1. The Morgan fingerprint density at radius 1 is 1.43 bits per heavy atom. The van der Waals surface area contributed by atoms with Gasteiger partial charge in [-0.15, -0.1) is 0 Å². The third-order valence-electron chi connectivity index (χ3n) is 1.60. The first-order valence-electron chi connectivity index (χ1n) is 4.06. The lowest BCUT2D eigenvalue weighted by Gasteiger charge is -2.04. The molecule has 0 saturated heterocycles. The van der Waals surface area contributed by atoms with Crippen molar-refractivity contribution in [2.75, 3.05) is 7.11 Å². The fourth-order valence-electron chi connectivity index (χ4n) is 1.04. The van der Waals surface area contributed by atoms with Gasteiger partial charge in [0.15, 0.2) is 0 Å². The van der Waals surface area contributed by atoms with Crippen molar-refractivity contribution in [2.45, 2.75) is 6.92 Å². The maximum atomic E-state index is 5.98. The summed E-state index contributed by atoms with van der Waals surface area (Å²) in [5.41, 5.74) is 4.48. The van der Waals surface area contributed by atoms with Crippen LogP contribution in [0, 0.1) is 0 Å². The average Bonchev–Trinajstić information content (AvgIpc) is 2.10. The molecule has 0 aliphatic heterocycles. The molecule has 0 spiro atoms. The van der Waals surface area contributed by atoms with Crippen LogP contribution in [0.25, 0.3) is 6.08 Å². The maximum absolute atomic E-state index is 5.98. The molecule has 2 nitrogen and oxygen atoms in total. The van der Waals surface area contributed by atoms with E-state index < -0.39 is 0 Å². The van der Waals surface area contributed by atoms with Gasteiger partial charge in [0.2, 0.25) is 0 Å². The smallest absolute Gasteiger partial charge is 0.0636 e. The minimum Gasteiger partial charge on any atom is -0.280 e. The van der Waals surface area contributed by atoms with Crippen LogP contribution >= 0.6 is 23.2 Å². The molecule has 1 N–H and O–H groups in total. The van der Waals surface area contributed by atoms with Gasteiger partial charge in [-0.3, -0.25) is 10.3 Å². The van der Waals surface area contributed by atoms with E-state index in [0.717, 1.165) is 11.3 Å². The Hall–Kier alpha value is -0.700. The molecule has 0 saturated carbocycles. The van der Waals surface area contributed by atoms with Gasteiger partial charge in [-0.25, -0.2) is 0 Å². The molecule has 0 fully saturated rings. The van der Waals surface area contributed by atoms with E-state index in [1.807, 2.05) is 19.1 Å². The van der Waals surface area contributed by atoms with Crippen LogP contribution < -0.4 is 5.48 Å². The topological polar surface area (TPSA) is 21.3 Å². The van der Waals surface area contributed by atoms with E-state index in [1.54, 1.807) is 19.2 Å². The highest BCUT2D eigenvalue weighted by molar-refractivity contribution is 6.35. The van der Waals surface area contributed by atoms with Gasteiger partial charge in [-0.2, -0.15) is 0 Å². The highest BCUT2D eigenvalue weighted by Crippen LogP contribution is 2.22. The first-order valence-corrected chi connectivity index (χ1v) is 4.81. The molecule has 0 aromatic heterocycles. The van der Waals surface area contributed by atoms with Crippen molar-refractivity contribution in [1.29, 1.82) is 0 Å². The Morgan fingerprint density at radius 3 is 2.71 bits per heavy atom. The van der Waals surface area contributed by atoms with Crippen LogP contribution in [-0.4, -0.2) is 7.11 Å². The van der Waals surface area contributed by atoms with Gasteiger partial charge in [-0.1, -0.05) is 29.3 Å². The van der Waals surface area contributed by atoms with Gasteiger partial charge in [0.1, 0.15) is 0 Å². The lowest BCUT2D eigenvalue weighted by atomic mass is 10.2. The molecule has 0 bridgehead atoms. The van der Waals surface area contributed by atoms with Crippen molar-refractivity contribution in [1.82, 2.24) is 5.48 Å². The second kappa shape index (κ2) is 5.25. The lowest BCUT2D eigenvalue weighted by molar-refractivity contribution is 0.119. The summed E-state index contributed by atoms with van der Waals surface area (Å²) in [5, 5.41) is 1.25. The molecule has 0 radical (unpaired) electrons. The highest BCUT2D eigenvalue weighted by Gasteiger charge is 1.98. The second-order valence-corrected chi connectivity index (χ2v) is 3.64. The highest BCUT2D eigenvalue weighted by atomic mass is 35.5. The number of hydroxylamine groups is 1. The number of benzene rings is 1. The molecule has 0 heterocycles. The van der Waals surface area contributed by atoms with Crippen molar-refractivity contribution in [3.8, 4) is 0 Å². The Labute approximate surface area is 93.4 Å². The van der Waals surface area contributed by atoms with Crippen LogP contribution in [0.5, 0.6) is 0 Å². The number of halogens is 2. The molecule has 0 aliphatic carbocycles. The van der Waals surface area contributed by atoms with Crippen LogP contribution in [0.2, 0.25) is 10.0 Å². The average molecular weight is 232 g/mol. The lowest BCUT2D eigenvalue weighted by Crippen LogP contribution is -2.07. The predicted octanol–water partition coefficient (Wildman–Crippen LogP) is 3.51. The summed E-state index contributed by atoms with van der Waals surface area (Å²) >= 11 is 11.7. The molecular weight excluding hydrogens is 221 g/mol. The second-order valence-electron chi connectivity index (χ2n) is 2.80. The Kier molecular flexibility index (Phi) is 4.26. The summed E-state index contributed by atoms with van der Waals surface area (Å²) in [4.78, 5) is 4.75. The fourth-order valence-corrected chi connectivity index (χ4v) is 1.51. The number of rotatable bonds is 3. The van der Waals surface area contributed by atoms with Gasteiger partial charge in [0, 0.05) is 15.7 Å². The molecule has 0 aliphatic rings. The van der Waals surface area contributed by atoms with Gasteiger partial charge in [0.05, 0.1) is 7.11 Å². The van der Waals surface area contributed by atoms with Gasteiger partial charge >= 0.3 is 0 Å². The van der Waals surface area contributed by atoms with Crippen LogP contribution in [0.4, 0.5) is 0 Å². The summed E-state index contributed by atoms with van der Waals surface area (Å²) in [7, 11) is 1.56. The monoisotopic (exact) mass is 231 g/mol. The number of hydrogen-bond donors (Lipinski definition) is 1. The zero-order valence-electron chi connectivity index (χ0n) is 7.97. The van der Waals surface area contributed by atoms with Crippen molar-refractivity contribution in [2.24, 2.45) is 0 Å². The van der Waals surface area contributed by atoms with E-state index in [4.69, 9.17) is 28.0 Å². The first kappa shape index (κ1) is 11.4. The van der Waals surface area contributed by atoms with Crippen LogP contribution in [0.3, 0.4) is 0 Å². The Morgan fingerprint density at radius 2 is 2.14 bits per heavy atom. The number of hydrogen-bond acceptors (Lipinski definition) is 2. The standard InChI is InChI=1S/C10H11Cl2NO/c1-7(13-14-2)5-8-3-4-9(11)6-10(8)12/h3-6,13H,1-2H3. The van der Waals surface area contributed by atoms with E-state index in [0.29, 0.717) is 10.0 Å². The SMILES string of the molecule is CONC(C)=Cc1ccc(Cl)cc1Cl. The minimum atomic E-state index is 0.620. The van der Waals surface area contributed by atoms with Crippen molar-refractivity contribution < 1.29 is 4.84 Å². The van der Waals surface area contributed by atoms with Crippen LogP contribution in [0.1, 0.15) is 12.5 Å². The quantitative estimate of drug-likeness (QED) is 0.805. The summed E-state index contributed by atoms with van der Waals surface area (Å²) in [6.45, 7) is 1.88.